The van der Waals surface area contributed by atoms with Gasteiger partial charge in [-0.15, -0.1) is 0 Å². The molecule has 0 bridgehead atoms. The number of carbonyl (C=O) groups excluding carboxylic acids is 4. The first-order valence-corrected chi connectivity index (χ1v) is 7.52. The second kappa shape index (κ2) is 8.99. The molecular formula is C14H18F3NO9. The number of ether oxygens (including phenoxy) is 4. The van der Waals surface area contributed by atoms with Gasteiger partial charge in [-0.1, -0.05) is 0 Å². The molecule has 1 saturated heterocycles. The average Bonchev–Trinajstić information content (AvgIpc) is 2.50. The number of halogens is 3. The largest absolute Gasteiger partial charge is 0.471 e. The van der Waals surface area contributed by atoms with Crippen LogP contribution in [0.1, 0.15) is 20.8 Å². The molecule has 1 aliphatic heterocycles. The third kappa shape index (κ3) is 6.36. The van der Waals surface area contributed by atoms with Crippen molar-refractivity contribution >= 4 is 23.8 Å². The lowest BCUT2D eigenvalue weighted by Gasteiger charge is -2.44. The maximum Gasteiger partial charge on any atom is 0.471 e. The van der Waals surface area contributed by atoms with Crippen LogP contribution in [0.25, 0.3) is 0 Å². The number of esters is 3. The molecule has 1 fully saturated rings. The molecule has 1 amide bonds. The Kier molecular flexibility index (Phi) is 7.54. The van der Waals surface area contributed by atoms with Crippen molar-refractivity contribution < 1.29 is 56.4 Å². The molecule has 0 saturated carbocycles. The molecule has 2 N–H and O–H groups in total. The van der Waals surface area contributed by atoms with E-state index in [-0.39, 0.29) is 0 Å². The van der Waals surface area contributed by atoms with E-state index in [0.717, 1.165) is 20.8 Å². The van der Waals surface area contributed by atoms with E-state index in [0.29, 0.717) is 0 Å². The van der Waals surface area contributed by atoms with Gasteiger partial charge in [0, 0.05) is 20.8 Å². The van der Waals surface area contributed by atoms with Crippen molar-refractivity contribution in [3.05, 3.63) is 0 Å². The van der Waals surface area contributed by atoms with Crippen molar-refractivity contribution in [3.8, 4) is 0 Å². The summed E-state index contributed by atoms with van der Waals surface area (Å²) < 4.78 is 57.6. The number of amides is 1. The molecule has 0 aliphatic carbocycles. The summed E-state index contributed by atoms with van der Waals surface area (Å²) in [6.07, 6.45) is -11.9. The van der Waals surface area contributed by atoms with Gasteiger partial charge in [-0.25, -0.2) is 0 Å². The van der Waals surface area contributed by atoms with Gasteiger partial charge in [0.25, 0.3) is 0 Å². The highest BCUT2D eigenvalue weighted by molar-refractivity contribution is 5.82. The zero-order valence-electron chi connectivity index (χ0n) is 14.4. The first-order valence-electron chi connectivity index (χ1n) is 7.52. The maximum atomic E-state index is 12.6. The van der Waals surface area contributed by atoms with Crippen LogP contribution in [-0.2, 0) is 38.1 Å². The van der Waals surface area contributed by atoms with Crippen LogP contribution in [0.2, 0.25) is 0 Å². The minimum Gasteiger partial charge on any atom is -0.456 e. The van der Waals surface area contributed by atoms with Crippen LogP contribution in [0.3, 0.4) is 0 Å². The van der Waals surface area contributed by atoms with Gasteiger partial charge in [-0.3, -0.25) is 19.2 Å². The van der Waals surface area contributed by atoms with Crippen molar-refractivity contribution in [2.45, 2.75) is 57.6 Å². The molecule has 1 aliphatic rings. The Labute approximate surface area is 150 Å². The molecule has 0 aromatic rings. The third-order valence-corrected chi connectivity index (χ3v) is 3.27. The van der Waals surface area contributed by atoms with E-state index in [2.05, 4.69) is 0 Å². The van der Waals surface area contributed by atoms with Crippen LogP contribution in [0.5, 0.6) is 0 Å². The first kappa shape index (κ1) is 22.6. The van der Waals surface area contributed by atoms with E-state index in [9.17, 15) is 37.5 Å². The van der Waals surface area contributed by atoms with Crippen LogP contribution in [0.4, 0.5) is 13.2 Å². The van der Waals surface area contributed by atoms with Gasteiger partial charge < -0.3 is 29.4 Å². The Morgan fingerprint density at radius 2 is 1.44 bits per heavy atom. The number of rotatable bonds is 5. The topological polar surface area (TPSA) is 137 Å². The number of aliphatic hydroxyl groups is 1. The lowest BCUT2D eigenvalue weighted by Crippen LogP contribution is -2.67. The minimum absolute atomic E-state index is 0.826. The fraction of sp³-hybridized carbons (Fsp3) is 0.714. The Morgan fingerprint density at radius 1 is 0.963 bits per heavy atom. The molecule has 27 heavy (non-hydrogen) atoms. The molecule has 0 aromatic carbocycles. The first-order chi connectivity index (χ1) is 12.4. The number of hydrogen-bond donors (Lipinski definition) is 2. The molecule has 1 rings (SSSR count). The normalized spacial score (nSPS) is 28.0. The van der Waals surface area contributed by atoms with Crippen LogP contribution in [-0.4, -0.2) is 72.3 Å². The molecule has 154 valence electrons. The molecule has 0 spiro atoms. The van der Waals surface area contributed by atoms with E-state index in [4.69, 9.17) is 18.9 Å². The minimum atomic E-state index is -5.31. The van der Waals surface area contributed by atoms with Gasteiger partial charge in [-0.2, -0.15) is 13.2 Å². The molecule has 1 heterocycles. The second-order valence-corrected chi connectivity index (χ2v) is 5.48. The van der Waals surface area contributed by atoms with E-state index in [1.54, 1.807) is 0 Å². The monoisotopic (exact) mass is 401 g/mol. The highest BCUT2D eigenvalue weighted by Crippen LogP contribution is 2.28. The molecule has 5 atom stereocenters. The summed E-state index contributed by atoms with van der Waals surface area (Å²) >= 11 is 0. The van der Waals surface area contributed by atoms with Gasteiger partial charge in [0.2, 0.25) is 6.29 Å². The standard InChI is InChI=1S/C14H18F3NO9/c1-5(20)24-10-8(4-19)27-12(26-7(3)22)9(11(10)25-6(2)21)18-13(23)14(15,16)17/h8-12,19H,4H2,1-3H3,(H,18,23)/t8?,9?,10-,11?,12-/m1/s1. The molecule has 0 aromatic heterocycles. The van der Waals surface area contributed by atoms with Crippen LogP contribution in [0.15, 0.2) is 0 Å². The van der Waals surface area contributed by atoms with Gasteiger partial charge in [-0.05, 0) is 0 Å². The maximum absolute atomic E-state index is 12.6. The predicted molar refractivity (Wildman–Crippen MR) is 76.6 cm³/mol. The van der Waals surface area contributed by atoms with Crippen LogP contribution in [0, 0.1) is 0 Å². The van der Waals surface area contributed by atoms with Crippen LogP contribution >= 0.6 is 0 Å². The number of nitrogens with one attached hydrogen (secondary N) is 1. The number of hydrogen-bond acceptors (Lipinski definition) is 9. The Bertz CT molecular complexity index is 595. The number of carbonyl (C=O) groups is 4. The summed E-state index contributed by atoms with van der Waals surface area (Å²) in [5.41, 5.74) is 0. The van der Waals surface area contributed by atoms with Crippen molar-refractivity contribution in [3.63, 3.8) is 0 Å². The fourth-order valence-corrected chi connectivity index (χ4v) is 2.37. The number of alkyl halides is 3. The Balaban J connectivity index is 3.32. The summed E-state index contributed by atoms with van der Waals surface area (Å²) in [5, 5.41) is 10.9. The summed E-state index contributed by atoms with van der Waals surface area (Å²) in [4.78, 5) is 45.3. The quantitative estimate of drug-likeness (QED) is 0.447. The molecule has 0 radical (unpaired) electrons. The Hall–Kier alpha value is -2.41. The highest BCUT2D eigenvalue weighted by atomic mass is 19.4. The van der Waals surface area contributed by atoms with Gasteiger partial charge in [0.15, 0.2) is 12.2 Å². The molecule has 13 heteroatoms. The van der Waals surface area contributed by atoms with E-state index < -0.39 is 67.2 Å². The molecule has 10 nitrogen and oxygen atoms in total. The summed E-state index contributed by atoms with van der Waals surface area (Å²) in [7, 11) is 0. The van der Waals surface area contributed by atoms with Crippen molar-refractivity contribution in [2.75, 3.05) is 6.61 Å². The van der Waals surface area contributed by atoms with Crippen LogP contribution < -0.4 is 5.32 Å². The molecule has 3 unspecified atom stereocenters. The van der Waals surface area contributed by atoms with Crippen molar-refractivity contribution in [1.29, 1.82) is 0 Å². The van der Waals surface area contributed by atoms with Crippen molar-refractivity contribution in [1.82, 2.24) is 5.32 Å². The highest BCUT2D eigenvalue weighted by Gasteiger charge is 2.53. The Morgan fingerprint density at radius 3 is 1.85 bits per heavy atom. The van der Waals surface area contributed by atoms with Gasteiger partial charge in [0.1, 0.15) is 12.1 Å². The third-order valence-electron chi connectivity index (χ3n) is 3.27. The zero-order chi connectivity index (χ0) is 20.9. The van der Waals surface area contributed by atoms with Crippen molar-refractivity contribution in [2.24, 2.45) is 0 Å². The predicted octanol–water partition coefficient (Wildman–Crippen LogP) is -0.823. The lowest BCUT2D eigenvalue weighted by atomic mass is 9.96. The zero-order valence-corrected chi connectivity index (χ0v) is 14.4. The lowest BCUT2D eigenvalue weighted by molar-refractivity contribution is -0.271. The summed E-state index contributed by atoms with van der Waals surface area (Å²) in [6, 6.07) is -1.88. The van der Waals surface area contributed by atoms with Gasteiger partial charge >= 0.3 is 30.0 Å². The SMILES string of the molecule is CC(=O)OC1C(NC(=O)C(F)(F)F)[C@H](OC(C)=O)OC(CO)[C@H]1OC(C)=O. The summed E-state index contributed by atoms with van der Waals surface area (Å²) in [6.45, 7) is 1.96. The van der Waals surface area contributed by atoms with E-state index in [1.165, 1.54) is 5.32 Å². The fourth-order valence-electron chi connectivity index (χ4n) is 2.37. The van der Waals surface area contributed by atoms with E-state index in [1.807, 2.05) is 0 Å². The number of aliphatic hydroxyl groups excluding tert-OH is 1. The summed E-state index contributed by atoms with van der Waals surface area (Å²) in [5.74, 6) is -5.35. The average molecular weight is 401 g/mol. The smallest absolute Gasteiger partial charge is 0.456 e. The molecular weight excluding hydrogens is 383 g/mol. The van der Waals surface area contributed by atoms with Gasteiger partial charge in [0.05, 0.1) is 6.61 Å². The second-order valence-electron chi connectivity index (χ2n) is 5.48. The van der Waals surface area contributed by atoms with E-state index >= 15 is 0 Å².